The predicted molar refractivity (Wildman–Crippen MR) is 73.1 cm³/mol. The number of methoxy groups -OCH3 is 3. The summed E-state index contributed by atoms with van der Waals surface area (Å²) >= 11 is 0. The fourth-order valence-corrected chi connectivity index (χ4v) is 2.17. The normalized spacial score (nSPS) is 14.3. The molecule has 1 aliphatic rings. The molecule has 7 heteroatoms. The van der Waals surface area contributed by atoms with E-state index in [1.165, 1.54) is 32.3 Å². The van der Waals surface area contributed by atoms with Crippen molar-refractivity contribution in [3.8, 4) is 17.2 Å². The van der Waals surface area contributed by atoms with Gasteiger partial charge < -0.3 is 24.2 Å². The van der Waals surface area contributed by atoms with Crippen LogP contribution in [0.5, 0.6) is 17.2 Å². The third kappa shape index (κ3) is 2.72. The lowest BCUT2D eigenvalue weighted by Crippen LogP contribution is -2.53. The summed E-state index contributed by atoms with van der Waals surface area (Å²) in [6, 6.07) is 3.11. The molecular formula is C14H17NO6. The van der Waals surface area contributed by atoms with Crippen LogP contribution in [0.15, 0.2) is 12.1 Å². The lowest BCUT2D eigenvalue weighted by atomic mass is 9.99. The molecule has 1 heterocycles. The fraction of sp³-hybridized carbons (Fsp3) is 0.429. The van der Waals surface area contributed by atoms with Crippen LogP contribution >= 0.6 is 0 Å². The molecule has 0 atom stereocenters. The molecule has 21 heavy (non-hydrogen) atoms. The summed E-state index contributed by atoms with van der Waals surface area (Å²) in [7, 11) is 4.42. The molecule has 0 aromatic heterocycles. The van der Waals surface area contributed by atoms with Gasteiger partial charge in [-0.25, -0.2) is 0 Å². The van der Waals surface area contributed by atoms with Crippen LogP contribution < -0.4 is 14.2 Å². The number of hydrogen-bond acceptors (Lipinski definition) is 5. The van der Waals surface area contributed by atoms with Gasteiger partial charge in [0, 0.05) is 25.2 Å². The van der Waals surface area contributed by atoms with Crippen LogP contribution in [0.1, 0.15) is 10.4 Å². The SMILES string of the molecule is COc1cc(OC)c(C(=O)N2CC(C(=O)O)C2)cc1OC. The van der Waals surface area contributed by atoms with Crippen molar-refractivity contribution in [3.05, 3.63) is 17.7 Å². The summed E-state index contributed by atoms with van der Waals surface area (Å²) in [6.45, 7) is 0.400. The number of ether oxygens (including phenoxy) is 3. The van der Waals surface area contributed by atoms with E-state index in [-0.39, 0.29) is 19.0 Å². The molecule has 1 fully saturated rings. The highest BCUT2D eigenvalue weighted by Gasteiger charge is 2.37. The number of carbonyl (C=O) groups excluding carboxylic acids is 1. The summed E-state index contributed by atoms with van der Waals surface area (Å²) in [5.41, 5.74) is 0.319. The van der Waals surface area contributed by atoms with Gasteiger partial charge in [-0.15, -0.1) is 0 Å². The minimum absolute atomic E-state index is 0.200. The number of aliphatic carboxylic acids is 1. The van der Waals surface area contributed by atoms with Gasteiger partial charge in [0.2, 0.25) is 0 Å². The average molecular weight is 295 g/mol. The Bertz CT molecular complexity index is 565. The first-order valence-corrected chi connectivity index (χ1v) is 6.33. The van der Waals surface area contributed by atoms with E-state index in [2.05, 4.69) is 0 Å². The summed E-state index contributed by atoms with van der Waals surface area (Å²) in [4.78, 5) is 24.7. The molecule has 0 saturated carbocycles. The lowest BCUT2D eigenvalue weighted by Gasteiger charge is -2.36. The highest BCUT2D eigenvalue weighted by molar-refractivity contribution is 5.99. The molecule has 0 aliphatic carbocycles. The van der Waals surface area contributed by atoms with Gasteiger partial charge in [0.25, 0.3) is 5.91 Å². The van der Waals surface area contributed by atoms with Gasteiger partial charge in [-0.05, 0) is 0 Å². The van der Waals surface area contributed by atoms with E-state index in [0.717, 1.165) is 0 Å². The molecule has 0 bridgehead atoms. The highest BCUT2D eigenvalue weighted by Crippen LogP contribution is 2.36. The number of carboxylic acid groups (broad SMARTS) is 1. The number of carboxylic acids is 1. The van der Waals surface area contributed by atoms with Crippen LogP contribution in [0.4, 0.5) is 0 Å². The van der Waals surface area contributed by atoms with Gasteiger partial charge in [0.15, 0.2) is 11.5 Å². The smallest absolute Gasteiger partial charge is 0.310 e. The van der Waals surface area contributed by atoms with Crippen molar-refractivity contribution < 1.29 is 28.9 Å². The maximum atomic E-state index is 12.4. The maximum absolute atomic E-state index is 12.4. The van der Waals surface area contributed by atoms with Crippen molar-refractivity contribution in [2.75, 3.05) is 34.4 Å². The van der Waals surface area contributed by atoms with Crippen LogP contribution in [-0.2, 0) is 4.79 Å². The summed E-state index contributed by atoms with van der Waals surface area (Å²) in [5, 5.41) is 8.86. The fourth-order valence-electron chi connectivity index (χ4n) is 2.17. The first-order chi connectivity index (χ1) is 10.0. The minimum atomic E-state index is -0.890. The van der Waals surface area contributed by atoms with E-state index in [9.17, 15) is 9.59 Å². The molecule has 1 aromatic carbocycles. The number of carbonyl (C=O) groups is 2. The number of rotatable bonds is 5. The van der Waals surface area contributed by atoms with Crippen LogP contribution in [0.2, 0.25) is 0 Å². The number of likely N-dealkylation sites (tertiary alicyclic amines) is 1. The molecule has 2 rings (SSSR count). The van der Waals surface area contributed by atoms with Crippen LogP contribution in [0, 0.1) is 5.92 Å². The minimum Gasteiger partial charge on any atom is -0.496 e. The Hall–Kier alpha value is -2.44. The molecule has 114 valence electrons. The number of benzene rings is 1. The Balaban J connectivity index is 2.26. The molecule has 1 aromatic rings. The van der Waals surface area contributed by atoms with E-state index in [1.54, 1.807) is 6.07 Å². The van der Waals surface area contributed by atoms with Crippen LogP contribution in [-0.4, -0.2) is 56.3 Å². The second kappa shape index (κ2) is 5.90. The van der Waals surface area contributed by atoms with Crippen molar-refractivity contribution in [2.24, 2.45) is 5.92 Å². The molecule has 1 aliphatic heterocycles. The van der Waals surface area contributed by atoms with Crippen LogP contribution in [0.3, 0.4) is 0 Å². The topological polar surface area (TPSA) is 85.3 Å². The predicted octanol–water partition coefficient (Wildman–Crippen LogP) is 0.869. The Morgan fingerprint density at radius 3 is 2.05 bits per heavy atom. The van der Waals surface area contributed by atoms with Crippen molar-refractivity contribution >= 4 is 11.9 Å². The molecular weight excluding hydrogens is 278 g/mol. The van der Waals surface area contributed by atoms with Gasteiger partial charge in [-0.2, -0.15) is 0 Å². The third-order valence-electron chi connectivity index (χ3n) is 3.45. The first-order valence-electron chi connectivity index (χ1n) is 6.33. The standard InChI is InChI=1S/C14H17NO6/c1-19-10-5-12(21-3)11(20-2)4-9(10)13(16)15-6-8(7-15)14(17)18/h4-5,8H,6-7H2,1-3H3,(H,17,18). The van der Waals surface area contributed by atoms with Crippen LogP contribution in [0.25, 0.3) is 0 Å². The molecule has 1 saturated heterocycles. The van der Waals surface area contributed by atoms with Crippen molar-refractivity contribution in [2.45, 2.75) is 0 Å². The monoisotopic (exact) mass is 295 g/mol. The number of hydrogen-bond donors (Lipinski definition) is 1. The second-order valence-electron chi connectivity index (χ2n) is 4.65. The van der Waals surface area contributed by atoms with Crippen molar-refractivity contribution in [3.63, 3.8) is 0 Å². The zero-order chi connectivity index (χ0) is 15.6. The van der Waals surface area contributed by atoms with E-state index in [4.69, 9.17) is 19.3 Å². The van der Waals surface area contributed by atoms with Gasteiger partial charge in [0.1, 0.15) is 5.75 Å². The summed E-state index contributed by atoms with van der Waals surface area (Å²) < 4.78 is 15.5. The average Bonchev–Trinajstić information content (AvgIpc) is 2.43. The maximum Gasteiger partial charge on any atom is 0.310 e. The Morgan fingerprint density at radius 2 is 1.57 bits per heavy atom. The van der Waals surface area contributed by atoms with E-state index >= 15 is 0 Å². The Kier molecular flexibility index (Phi) is 4.21. The first kappa shape index (κ1) is 15.0. The zero-order valence-electron chi connectivity index (χ0n) is 12.1. The molecule has 1 N–H and O–H groups in total. The Labute approximate surface area is 122 Å². The summed E-state index contributed by atoms with van der Waals surface area (Å²) in [5.74, 6) is -0.449. The Morgan fingerprint density at radius 1 is 1.05 bits per heavy atom. The van der Waals surface area contributed by atoms with E-state index < -0.39 is 11.9 Å². The van der Waals surface area contributed by atoms with E-state index in [0.29, 0.717) is 22.8 Å². The second-order valence-corrected chi connectivity index (χ2v) is 4.65. The zero-order valence-corrected chi connectivity index (χ0v) is 12.1. The quantitative estimate of drug-likeness (QED) is 0.867. The summed E-state index contributed by atoms with van der Waals surface area (Å²) in [6.07, 6.45) is 0. The molecule has 0 spiro atoms. The number of amides is 1. The van der Waals surface area contributed by atoms with Gasteiger partial charge in [-0.3, -0.25) is 9.59 Å². The lowest BCUT2D eigenvalue weighted by molar-refractivity contribution is -0.146. The highest BCUT2D eigenvalue weighted by atomic mass is 16.5. The van der Waals surface area contributed by atoms with Gasteiger partial charge in [-0.1, -0.05) is 0 Å². The molecule has 1 amide bonds. The van der Waals surface area contributed by atoms with Crippen molar-refractivity contribution in [1.29, 1.82) is 0 Å². The molecule has 7 nitrogen and oxygen atoms in total. The number of nitrogens with zero attached hydrogens (tertiary/aromatic N) is 1. The van der Waals surface area contributed by atoms with Gasteiger partial charge in [0.05, 0.1) is 32.8 Å². The molecule has 0 unspecified atom stereocenters. The van der Waals surface area contributed by atoms with Crippen molar-refractivity contribution in [1.82, 2.24) is 4.90 Å². The molecule has 0 radical (unpaired) electrons. The van der Waals surface area contributed by atoms with Gasteiger partial charge >= 0.3 is 5.97 Å². The van der Waals surface area contributed by atoms with E-state index in [1.807, 2.05) is 0 Å². The third-order valence-corrected chi connectivity index (χ3v) is 3.45. The largest absolute Gasteiger partial charge is 0.496 e.